The Morgan fingerprint density at radius 1 is 1.03 bits per heavy atom. The zero-order chi connectivity index (χ0) is 20.5. The van der Waals surface area contributed by atoms with Crippen molar-refractivity contribution < 1.29 is 4.79 Å². The molecule has 0 saturated heterocycles. The Morgan fingerprint density at radius 2 is 1.77 bits per heavy atom. The van der Waals surface area contributed by atoms with Crippen LogP contribution in [-0.2, 0) is 7.05 Å². The van der Waals surface area contributed by atoms with Crippen LogP contribution in [0.1, 0.15) is 72.2 Å². The molecule has 2 fully saturated rings. The zero-order valence-electron chi connectivity index (χ0n) is 17.0. The number of nitrogens with one attached hydrogen (secondary N) is 2. The van der Waals surface area contributed by atoms with Crippen molar-refractivity contribution in [1.82, 2.24) is 24.7 Å². The zero-order valence-corrected chi connectivity index (χ0v) is 17.0. The van der Waals surface area contributed by atoms with Gasteiger partial charge in [0.1, 0.15) is 12.1 Å². The summed E-state index contributed by atoms with van der Waals surface area (Å²) in [4.78, 5) is 26.0. The Kier molecular flexibility index (Phi) is 4.90. The van der Waals surface area contributed by atoms with Crippen molar-refractivity contribution in [3.05, 3.63) is 54.0 Å². The fourth-order valence-electron chi connectivity index (χ4n) is 4.08. The predicted octanol–water partition coefficient (Wildman–Crippen LogP) is 4.14. The molecule has 8 nitrogen and oxygen atoms in total. The van der Waals surface area contributed by atoms with E-state index in [1.807, 2.05) is 25.2 Å². The summed E-state index contributed by atoms with van der Waals surface area (Å²) >= 11 is 0. The van der Waals surface area contributed by atoms with Gasteiger partial charge in [-0.3, -0.25) is 9.48 Å². The van der Waals surface area contributed by atoms with E-state index in [9.17, 15) is 4.79 Å². The smallest absolute Gasteiger partial charge is 0.277 e. The first kappa shape index (κ1) is 18.7. The van der Waals surface area contributed by atoms with Crippen LogP contribution in [0.25, 0.3) is 0 Å². The summed E-state index contributed by atoms with van der Waals surface area (Å²) in [5, 5.41) is 10.9. The van der Waals surface area contributed by atoms with Gasteiger partial charge in [0.15, 0.2) is 5.69 Å². The number of pyridine rings is 1. The number of aryl methyl sites for hydroxylation is 1. The van der Waals surface area contributed by atoms with Crippen LogP contribution in [0.2, 0.25) is 0 Å². The Balaban J connectivity index is 1.41. The van der Waals surface area contributed by atoms with Gasteiger partial charge in [-0.2, -0.15) is 5.10 Å². The molecular formula is C22H25N7O. The molecule has 1 amide bonds. The van der Waals surface area contributed by atoms with Crippen molar-refractivity contribution in [1.29, 1.82) is 0 Å². The standard InChI is InChI=1S/C22H25N7O/c1-29-20(10-19(28-29)14-4-2-3-5-14)27-22(30)21-18(25-16-11-23-13-24-12-16)9-8-17(26-21)15-6-7-15/h8-15,25H,2-7H2,1H3,(H,27,30). The van der Waals surface area contributed by atoms with Crippen molar-refractivity contribution >= 4 is 23.1 Å². The van der Waals surface area contributed by atoms with Gasteiger partial charge in [0.05, 0.1) is 29.5 Å². The quantitative estimate of drug-likeness (QED) is 0.642. The number of carbonyl (C=O) groups is 1. The molecule has 0 unspecified atom stereocenters. The molecule has 0 bridgehead atoms. The van der Waals surface area contributed by atoms with Crippen LogP contribution < -0.4 is 10.6 Å². The van der Waals surface area contributed by atoms with E-state index in [0.717, 1.165) is 24.2 Å². The van der Waals surface area contributed by atoms with E-state index in [-0.39, 0.29) is 5.91 Å². The molecule has 3 heterocycles. The minimum absolute atomic E-state index is 0.252. The number of rotatable bonds is 6. The number of nitrogens with zero attached hydrogens (tertiary/aromatic N) is 5. The number of anilines is 3. The average molecular weight is 403 g/mol. The molecule has 0 atom stereocenters. The average Bonchev–Trinajstić information content (AvgIpc) is 3.34. The monoisotopic (exact) mass is 403 g/mol. The minimum Gasteiger partial charge on any atom is -0.351 e. The maximum absolute atomic E-state index is 13.2. The van der Waals surface area contributed by atoms with E-state index >= 15 is 0 Å². The van der Waals surface area contributed by atoms with Crippen molar-refractivity contribution in [2.45, 2.75) is 50.4 Å². The van der Waals surface area contributed by atoms with Crippen LogP contribution in [0.4, 0.5) is 17.2 Å². The SMILES string of the molecule is Cn1nc(C2CCCC2)cc1NC(=O)c1nc(C2CC2)ccc1Nc1cncnc1. The third-order valence-electron chi connectivity index (χ3n) is 5.88. The Labute approximate surface area is 175 Å². The Hall–Kier alpha value is -3.29. The molecule has 0 spiro atoms. The maximum Gasteiger partial charge on any atom is 0.277 e. The topological polar surface area (TPSA) is 97.6 Å². The number of hydrogen-bond donors (Lipinski definition) is 2. The lowest BCUT2D eigenvalue weighted by Gasteiger charge is -2.13. The fraction of sp³-hybridized carbons (Fsp3) is 0.409. The normalized spacial score (nSPS) is 16.6. The first-order chi connectivity index (χ1) is 14.7. The van der Waals surface area contributed by atoms with E-state index in [4.69, 9.17) is 4.98 Å². The molecule has 2 saturated carbocycles. The van der Waals surface area contributed by atoms with Crippen LogP contribution in [0.5, 0.6) is 0 Å². The highest BCUT2D eigenvalue weighted by Crippen LogP contribution is 2.40. The third-order valence-corrected chi connectivity index (χ3v) is 5.88. The number of aromatic nitrogens is 5. The first-order valence-electron chi connectivity index (χ1n) is 10.6. The van der Waals surface area contributed by atoms with Crippen LogP contribution in [0.15, 0.2) is 36.9 Å². The molecule has 154 valence electrons. The summed E-state index contributed by atoms with van der Waals surface area (Å²) < 4.78 is 1.74. The van der Waals surface area contributed by atoms with Crippen LogP contribution in [0, 0.1) is 0 Å². The van der Waals surface area contributed by atoms with Crippen LogP contribution >= 0.6 is 0 Å². The summed E-state index contributed by atoms with van der Waals surface area (Å²) in [6.07, 6.45) is 11.9. The fourth-order valence-corrected chi connectivity index (χ4v) is 4.08. The van der Waals surface area contributed by atoms with Crippen molar-refractivity contribution in [3.8, 4) is 0 Å². The highest BCUT2D eigenvalue weighted by atomic mass is 16.2. The van der Waals surface area contributed by atoms with Gasteiger partial charge in [-0.1, -0.05) is 12.8 Å². The number of amides is 1. The second-order valence-corrected chi connectivity index (χ2v) is 8.17. The van der Waals surface area contributed by atoms with Gasteiger partial charge in [-0.25, -0.2) is 15.0 Å². The molecule has 8 heteroatoms. The molecular weight excluding hydrogens is 378 g/mol. The van der Waals surface area contributed by atoms with Gasteiger partial charge >= 0.3 is 0 Å². The molecule has 2 aliphatic carbocycles. The van der Waals surface area contributed by atoms with Crippen LogP contribution in [0.3, 0.4) is 0 Å². The van der Waals surface area contributed by atoms with Gasteiger partial charge in [-0.15, -0.1) is 0 Å². The first-order valence-corrected chi connectivity index (χ1v) is 10.6. The second kappa shape index (κ2) is 7.85. The summed E-state index contributed by atoms with van der Waals surface area (Å²) in [5.41, 5.74) is 3.73. The molecule has 3 aromatic rings. The summed E-state index contributed by atoms with van der Waals surface area (Å²) in [6.45, 7) is 0. The molecule has 2 aliphatic rings. The van der Waals surface area contributed by atoms with Gasteiger partial charge in [-0.05, 0) is 37.8 Å². The minimum atomic E-state index is -0.252. The van der Waals surface area contributed by atoms with E-state index in [0.29, 0.717) is 34.7 Å². The lowest BCUT2D eigenvalue weighted by molar-refractivity contribution is 0.102. The predicted molar refractivity (Wildman–Crippen MR) is 114 cm³/mol. The Bertz CT molecular complexity index is 1050. The summed E-state index contributed by atoms with van der Waals surface area (Å²) in [5.74, 6) is 1.39. The highest BCUT2D eigenvalue weighted by Gasteiger charge is 2.27. The van der Waals surface area contributed by atoms with Gasteiger partial charge in [0.2, 0.25) is 0 Å². The van der Waals surface area contributed by atoms with E-state index in [1.165, 1.54) is 32.0 Å². The summed E-state index contributed by atoms with van der Waals surface area (Å²) in [7, 11) is 1.86. The van der Waals surface area contributed by atoms with Crippen molar-refractivity contribution in [3.63, 3.8) is 0 Å². The number of carbonyl (C=O) groups excluding carboxylic acids is 1. The Morgan fingerprint density at radius 3 is 2.50 bits per heavy atom. The third kappa shape index (κ3) is 3.90. The van der Waals surface area contributed by atoms with E-state index in [1.54, 1.807) is 17.1 Å². The lowest BCUT2D eigenvalue weighted by Crippen LogP contribution is -2.18. The molecule has 0 aromatic carbocycles. The molecule has 3 aromatic heterocycles. The van der Waals surface area contributed by atoms with Gasteiger partial charge in [0, 0.05) is 30.6 Å². The van der Waals surface area contributed by atoms with Gasteiger partial charge in [0.25, 0.3) is 5.91 Å². The van der Waals surface area contributed by atoms with Gasteiger partial charge < -0.3 is 10.6 Å². The molecule has 0 aliphatic heterocycles. The van der Waals surface area contributed by atoms with E-state index in [2.05, 4.69) is 25.7 Å². The van der Waals surface area contributed by atoms with E-state index < -0.39 is 0 Å². The highest BCUT2D eigenvalue weighted by molar-refractivity contribution is 6.06. The van der Waals surface area contributed by atoms with Crippen molar-refractivity contribution in [2.75, 3.05) is 10.6 Å². The molecule has 5 rings (SSSR count). The maximum atomic E-state index is 13.2. The molecule has 2 N–H and O–H groups in total. The van der Waals surface area contributed by atoms with Crippen molar-refractivity contribution in [2.24, 2.45) is 7.05 Å². The lowest BCUT2D eigenvalue weighted by atomic mass is 10.0. The molecule has 30 heavy (non-hydrogen) atoms. The summed E-state index contributed by atoms with van der Waals surface area (Å²) in [6, 6.07) is 5.90. The second-order valence-electron chi connectivity index (χ2n) is 8.17. The number of hydrogen-bond acceptors (Lipinski definition) is 6. The molecule has 0 radical (unpaired) electrons. The largest absolute Gasteiger partial charge is 0.351 e. The van der Waals surface area contributed by atoms with Crippen LogP contribution in [-0.4, -0.2) is 30.6 Å².